The van der Waals surface area contributed by atoms with E-state index in [9.17, 15) is 10.1 Å². The Balaban J connectivity index is 2.14. The molecule has 6 heteroatoms. The van der Waals surface area contributed by atoms with Gasteiger partial charge in [0, 0.05) is 23.7 Å². The van der Waals surface area contributed by atoms with Gasteiger partial charge in [0.2, 0.25) is 0 Å². The summed E-state index contributed by atoms with van der Waals surface area (Å²) < 4.78 is 12.4. The third kappa shape index (κ3) is 3.65. The van der Waals surface area contributed by atoms with Crippen molar-refractivity contribution in [3.8, 4) is 23.1 Å². The van der Waals surface area contributed by atoms with Crippen LogP contribution in [0.3, 0.4) is 0 Å². The Morgan fingerprint density at radius 3 is 2.54 bits per heavy atom. The van der Waals surface area contributed by atoms with Crippen LogP contribution in [0.15, 0.2) is 42.5 Å². The average Bonchev–Trinajstić information content (AvgIpc) is 3.02. The number of hydrogen-bond donors (Lipinski definition) is 1. The summed E-state index contributed by atoms with van der Waals surface area (Å²) in [5, 5.41) is 13.4. The molecule has 0 saturated heterocycles. The summed E-state index contributed by atoms with van der Waals surface area (Å²) in [6, 6.07) is 15.6. The minimum Gasteiger partial charge on any atom is -0.494 e. The maximum Gasteiger partial charge on any atom is 0.411 e. The molecule has 144 valence electrons. The van der Waals surface area contributed by atoms with Crippen LogP contribution < -0.4 is 10.1 Å². The first-order chi connectivity index (χ1) is 13.6. The number of anilines is 1. The lowest BCUT2D eigenvalue weighted by molar-refractivity contribution is 0.187. The topological polar surface area (TPSA) is 76.3 Å². The average molecular weight is 377 g/mol. The lowest BCUT2D eigenvalue weighted by Crippen LogP contribution is -2.10. The summed E-state index contributed by atoms with van der Waals surface area (Å²) in [7, 11) is 1.32. The molecule has 1 N–H and O–H groups in total. The number of nitrogens with one attached hydrogen (secondary N) is 1. The fraction of sp³-hybridized carbons (Fsp3) is 0.273. The molecule has 2 aromatic carbocycles. The molecule has 6 nitrogen and oxygen atoms in total. The number of carbonyl (C=O) groups is 1. The van der Waals surface area contributed by atoms with E-state index in [0.29, 0.717) is 17.9 Å². The van der Waals surface area contributed by atoms with Gasteiger partial charge in [0.15, 0.2) is 0 Å². The second-order valence-electron chi connectivity index (χ2n) is 6.29. The summed E-state index contributed by atoms with van der Waals surface area (Å²) in [4.78, 5) is 11.4. The molecule has 0 aliphatic carbocycles. The molecule has 3 rings (SSSR count). The van der Waals surface area contributed by atoms with Crippen LogP contribution in [0.2, 0.25) is 0 Å². The Hall–Kier alpha value is -3.46. The molecule has 0 bridgehead atoms. The quantitative estimate of drug-likeness (QED) is 0.643. The summed E-state index contributed by atoms with van der Waals surface area (Å²) in [6.07, 6.45) is 0.414. The van der Waals surface area contributed by atoms with E-state index in [1.54, 1.807) is 12.1 Å². The van der Waals surface area contributed by atoms with Gasteiger partial charge >= 0.3 is 6.09 Å². The molecule has 0 unspecified atom stereocenters. The molecular formula is C22H23N3O3. The third-order valence-electron chi connectivity index (χ3n) is 4.50. The van der Waals surface area contributed by atoms with Crippen molar-refractivity contribution >= 4 is 22.7 Å². The Morgan fingerprint density at radius 1 is 1.18 bits per heavy atom. The lowest BCUT2D eigenvalue weighted by Gasteiger charge is -2.11. The van der Waals surface area contributed by atoms with Gasteiger partial charge in [-0.15, -0.1) is 0 Å². The van der Waals surface area contributed by atoms with Gasteiger partial charge in [0.25, 0.3) is 0 Å². The number of nitrogens with zero attached hydrogens (tertiary/aromatic N) is 2. The van der Waals surface area contributed by atoms with E-state index in [2.05, 4.69) is 27.6 Å². The normalized spacial score (nSPS) is 10.5. The Bertz CT molecular complexity index is 1030. The SMILES string of the molecule is CCCn1c(-c2ccc(NC(=O)OC)cc2)c(C#N)c2ccc(OCC)cc21. The summed E-state index contributed by atoms with van der Waals surface area (Å²) in [5.74, 6) is 0.790. The fourth-order valence-corrected chi connectivity index (χ4v) is 3.34. The molecule has 0 aliphatic rings. The van der Waals surface area contributed by atoms with E-state index in [4.69, 9.17) is 4.74 Å². The highest BCUT2D eigenvalue weighted by atomic mass is 16.5. The zero-order valence-corrected chi connectivity index (χ0v) is 16.3. The van der Waals surface area contributed by atoms with Gasteiger partial charge < -0.3 is 14.0 Å². The Labute approximate surface area is 164 Å². The van der Waals surface area contributed by atoms with Gasteiger partial charge in [-0.05, 0) is 43.2 Å². The molecule has 0 spiro atoms. The number of carbonyl (C=O) groups excluding carboxylic acids is 1. The number of benzene rings is 2. The summed E-state index contributed by atoms with van der Waals surface area (Å²) in [5.41, 5.74) is 4.04. The number of aryl methyl sites for hydroxylation is 1. The number of fused-ring (bicyclic) bond motifs is 1. The van der Waals surface area contributed by atoms with Gasteiger partial charge in [-0.25, -0.2) is 4.79 Å². The monoisotopic (exact) mass is 377 g/mol. The minimum absolute atomic E-state index is 0.519. The molecule has 1 heterocycles. The molecule has 0 aliphatic heterocycles. The van der Waals surface area contributed by atoms with Crippen molar-refractivity contribution < 1.29 is 14.3 Å². The van der Waals surface area contributed by atoms with Crippen molar-refractivity contribution in [2.75, 3.05) is 19.0 Å². The molecule has 0 fully saturated rings. The number of nitriles is 1. The first kappa shape index (κ1) is 19.3. The number of aromatic nitrogens is 1. The van der Waals surface area contributed by atoms with E-state index >= 15 is 0 Å². The molecular weight excluding hydrogens is 354 g/mol. The van der Waals surface area contributed by atoms with Crippen LogP contribution in [0.4, 0.5) is 10.5 Å². The highest BCUT2D eigenvalue weighted by Crippen LogP contribution is 2.36. The van der Waals surface area contributed by atoms with Crippen molar-refractivity contribution in [3.05, 3.63) is 48.0 Å². The van der Waals surface area contributed by atoms with E-state index < -0.39 is 6.09 Å². The first-order valence-electron chi connectivity index (χ1n) is 9.27. The second kappa shape index (κ2) is 8.49. The number of amides is 1. The van der Waals surface area contributed by atoms with Crippen molar-refractivity contribution in [2.45, 2.75) is 26.8 Å². The van der Waals surface area contributed by atoms with Crippen LogP contribution >= 0.6 is 0 Å². The molecule has 0 atom stereocenters. The number of rotatable bonds is 6. The van der Waals surface area contributed by atoms with Crippen LogP contribution in [-0.2, 0) is 11.3 Å². The van der Waals surface area contributed by atoms with Crippen molar-refractivity contribution in [3.63, 3.8) is 0 Å². The largest absolute Gasteiger partial charge is 0.494 e. The maximum absolute atomic E-state index is 11.4. The molecule has 0 saturated carbocycles. The van der Waals surface area contributed by atoms with Crippen LogP contribution in [0.5, 0.6) is 5.75 Å². The highest BCUT2D eigenvalue weighted by molar-refractivity contribution is 5.95. The zero-order valence-electron chi connectivity index (χ0n) is 16.3. The lowest BCUT2D eigenvalue weighted by atomic mass is 10.1. The van der Waals surface area contributed by atoms with Crippen LogP contribution in [0.25, 0.3) is 22.2 Å². The van der Waals surface area contributed by atoms with Gasteiger partial charge in [0.1, 0.15) is 11.8 Å². The van der Waals surface area contributed by atoms with E-state index in [0.717, 1.165) is 40.9 Å². The smallest absolute Gasteiger partial charge is 0.411 e. The van der Waals surface area contributed by atoms with Crippen LogP contribution in [-0.4, -0.2) is 24.4 Å². The van der Waals surface area contributed by atoms with Crippen LogP contribution in [0.1, 0.15) is 25.8 Å². The zero-order chi connectivity index (χ0) is 20.1. The molecule has 28 heavy (non-hydrogen) atoms. The van der Waals surface area contributed by atoms with E-state index in [-0.39, 0.29) is 0 Å². The van der Waals surface area contributed by atoms with E-state index in [1.165, 1.54) is 7.11 Å². The molecule has 1 amide bonds. The predicted molar refractivity (Wildman–Crippen MR) is 110 cm³/mol. The summed E-state index contributed by atoms with van der Waals surface area (Å²) in [6.45, 7) is 5.43. The van der Waals surface area contributed by atoms with Crippen molar-refractivity contribution in [2.24, 2.45) is 0 Å². The maximum atomic E-state index is 11.4. The fourth-order valence-electron chi connectivity index (χ4n) is 3.34. The highest BCUT2D eigenvalue weighted by Gasteiger charge is 2.19. The second-order valence-corrected chi connectivity index (χ2v) is 6.29. The number of hydrogen-bond acceptors (Lipinski definition) is 4. The number of ether oxygens (including phenoxy) is 2. The van der Waals surface area contributed by atoms with Crippen LogP contribution in [0, 0.1) is 11.3 Å². The predicted octanol–water partition coefficient (Wildman–Crippen LogP) is 5.17. The van der Waals surface area contributed by atoms with Gasteiger partial charge in [0.05, 0.1) is 30.5 Å². The van der Waals surface area contributed by atoms with Crippen molar-refractivity contribution in [1.82, 2.24) is 4.57 Å². The minimum atomic E-state index is -0.519. The van der Waals surface area contributed by atoms with E-state index in [1.807, 2.05) is 37.3 Å². The van der Waals surface area contributed by atoms with Gasteiger partial charge in [-0.3, -0.25) is 5.32 Å². The van der Waals surface area contributed by atoms with Crippen molar-refractivity contribution in [1.29, 1.82) is 5.26 Å². The number of methoxy groups -OCH3 is 1. The first-order valence-corrected chi connectivity index (χ1v) is 9.27. The van der Waals surface area contributed by atoms with Gasteiger partial charge in [-0.2, -0.15) is 5.26 Å². The third-order valence-corrected chi connectivity index (χ3v) is 4.50. The molecule has 0 radical (unpaired) electrons. The molecule has 3 aromatic rings. The summed E-state index contributed by atoms with van der Waals surface area (Å²) >= 11 is 0. The Kier molecular flexibility index (Phi) is 5.85. The Morgan fingerprint density at radius 2 is 1.93 bits per heavy atom. The standard InChI is InChI=1S/C22H23N3O3/c1-4-12-25-20-13-17(28-5-2)10-11-18(20)19(14-23)21(25)15-6-8-16(9-7-15)24-22(26)27-3/h6-11,13H,4-5,12H2,1-3H3,(H,24,26). The van der Waals surface area contributed by atoms with Gasteiger partial charge in [-0.1, -0.05) is 19.1 Å². The molecule has 1 aromatic heterocycles.